The van der Waals surface area contributed by atoms with E-state index in [1.807, 2.05) is 30.1 Å². The standard InChI is InChI=1S/C16H19FN2S/c1-3-20-16-9-5-8-15(14(16)11-18)19(2)13-7-4-6-12(17)10-13/h4-10H,3,11,18H2,1-2H3. The highest BCUT2D eigenvalue weighted by Crippen LogP contribution is 2.33. The van der Waals surface area contributed by atoms with E-state index in [4.69, 9.17) is 5.73 Å². The molecular formula is C16H19FN2S. The summed E-state index contributed by atoms with van der Waals surface area (Å²) in [6, 6.07) is 12.7. The molecule has 0 spiro atoms. The van der Waals surface area contributed by atoms with Crippen LogP contribution in [0.5, 0.6) is 0 Å². The number of benzene rings is 2. The summed E-state index contributed by atoms with van der Waals surface area (Å²) in [4.78, 5) is 3.17. The number of thioether (sulfide) groups is 1. The van der Waals surface area contributed by atoms with Crippen LogP contribution in [-0.4, -0.2) is 12.8 Å². The van der Waals surface area contributed by atoms with Gasteiger partial charge >= 0.3 is 0 Å². The maximum atomic E-state index is 13.4. The Morgan fingerprint density at radius 2 is 1.95 bits per heavy atom. The van der Waals surface area contributed by atoms with Gasteiger partial charge in [0.1, 0.15) is 5.82 Å². The largest absolute Gasteiger partial charge is 0.344 e. The fraction of sp³-hybridized carbons (Fsp3) is 0.250. The minimum atomic E-state index is -0.234. The van der Waals surface area contributed by atoms with Gasteiger partial charge in [-0.3, -0.25) is 0 Å². The van der Waals surface area contributed by atoms with E-state index in [2.05, 4.69) is 13.0 Å². The van der Waals surface area contributed by atoms with Gasteiger partial charge in [0, 0.05) is 35.4 Å². The molecule has 0 amide bonds. The van der Waals surface area contributed by atoms with E-state index in [-0.39, 0.29) is 5.82 Å². The molecule has 0 saturated carbocycles. The zero-order chi connectivity index (χ0) is 14.5. The summed E-state index contributed by atoms with van der Waals surface area (Å²) in [6.45, 7) is 2.59. The summed E-state index contributed by atoms with van der Waals surface area (Å²) in [5.74, 6) is 0.767. The zero-order valence-electron chi connectivity index (χ0n) is 11.8. The zero-order valence-corrected chi connectivity index (χ0v) is 12.6. The Morgan fingerprint density at radius 1 is 1.20 bits per heavy atom. The van der Waals surface area contributed by atoms with Crippen molar-refractivity contribution < 1.29 is 4.39 Å². The fourth-order valence-corrected chi connectivity index (χ4v) is 3.04. The molecule has 0 radical (unpaired) electrons. The second kappa shape index (κ2) is 6.77. The number of hydrogen-bond acceptors (Lipinski definition) is 3. The molecular weight excluding hydrogens is 271 g/mol. The quantitative estimate of drug-likeness (QED) is 0.838. The molecule has 2 aromatic rings. The number of nitrogens with zero attached hydrogens (tertiary/aromatic N) is 1. The summed E-state index contributed by atoms with van der Waals surface area (Å²) in [5, 5.41) is 0. The summed E-state index contributed by atoms with van der Waals surface area (Å²) >= 11 is 1.78. The lowest BCUT2D eigenvalue weighted by atomic mass is 10.1. The van der Waals surface area contributed by atoms with Gasteiger partial charge in [0.25, 0.3) is 0 Å². The maximum absolute atomic E-state index is 13.4. The topological polar surface area (TPSA) is 29.3 Å². The molecule has 4 heteroatoms. The van der Waals surface area contributed by atoms with Crippen LogP contribution in [0.25, 0.3) is 0 Å². The summed E-state index contributed by atoms with van der Waals surface area (Å²) in [7, 11) is 1.93. The lowest BCUT2D eigenvalue weighted by Gasteiger charge is -2.24. The lowest BCUT2D eigenvalue weighted by Crippen LogP contribution is -2.14. The highest BCUT2D eigenvalue weighted by atomic mass is 32.2. The highest BCUT2D eigenvalue weighted by molar-refractivity contribution is 7.99. The average molecular weight is 290 g/mol. The molecule has 0 aliphatic rings. The molecule has 0 aliphatic carbocycles. The minimum Gasteiger partial charge on any atom is -0.344 e. The Balaban J connectivity index is 2.43. The van der Waals surface area contributed by atoms with E-state index in [9.17, 15) is 4.39 Å². The molecule has 0 atom stereocenters. The highest BCUT2D eigenvalue weighted by Gasteiger charge is 2.12. The number of halogens is 1. The van der Waals surface area contributed by atoms with E-state index in [1.165, 1.54) is 17.0 Å². The SMILES string of the molecule is CCSc1cccc(N(C)c2cccc(F)c2)c1CN. The number of anilines is 2. The first-order valence-electron chi connectivity index (χ1n) is 6.61. The molecule has 2 N–H and O–H groups in total. The van der Waals surface area contributed by atoms with Crippen LogP contribution in [0.1, 0.15) is 12.5 Å². The van der Waals surface area contributed by atoms with Crippen molar-refractivity contribution in [2.75, 3.05) is 17.7 Å². The Morgan fingerprint density at radius 3 is 2.60 bits per heavy atom. The van der Waals surface area contributed by atoms with Crippen molar-refractivity contribution in [1.82, 2.24) is 0 Å². The summed E-state index contributed by atoms with van der Waals surface area (Å²) in [6.07, 6.45) is 0. The Bertz CT molecular complexity index is 586. The van der Waals surface area contributed by atoms with Gasteiger partial charge in [-0.25, -0.2) is 4.39 Å². The van der Waals surface area contributed by atoms with Crippen molar-refractivity contribution in [3.8, 4) is 0 Å². The first-order valence-corrected chi connectivity index (χ1v) is 7.60. The first kappa shape index (κ1) is 14.9. The molecule has 2 rings (SSSR count). The molecule has 2 aromatic carbocycles. The maximum Gasteiger partial charge on any atom is 0.125 e. The third-order valence-corrected chi connectivity index (χ3v) is 4.15. The van der Waals surface area contributed by atoms with Gasteiger partial charge in [0.15, 0.2) is 0 Å². The molecule has 0 saturated heterocycles. The van der Waals surface area contributed by atoms with E-state index in [0.29, 0.717) is 6.54 Å². The van der Waals surface area contributed by atoms with Crippen molar-refractivity contribution in [1.29, 1.82) is 0 Å². The third kappa shape index (κ3) is 3.14. The average Bonchev–Trinajstić information content (AvgIpc) is 2.46. The molecule has 0 unspecified atom stereocenters. The van der Waals surface area contributed by atoms with Gasteiger partial charge in [0.05, 0.1) is 0 Å². The van der Waals surface area contributed by atoms with Gasteiger partial charge in [-0.1, -0.05) is 19.1 Å². The predicted octanol–water partition coefficient (Wildman–Crippen LogP) is 4.16. The molecule has 106 valence electrons. The molecule has 0 bridgehead atoms. The van der Waals surface area contributed by atoms with Crippen LogP contribution in [0.15, 0.2) is 47.4 Å². The normalized spacial score (nSPS) is 10.6. The second-order valence-electron chi connectivity index (χ2n) is 4.43. The van der Waals surface area contributed by atoms with Crippen molar-refractivity contribution in [3.05, 3.63) is 53.8 Å². The van der Waals surface area contributed by atoms with E-state index >= 15 is 0 Å². The van der Waals surface area contributed by atoms with Crippen molar-refractivity contribution in [2.24, 2.45) is 5.73 Å². The smallest absolute Gasteiger partial charge is 0.125 e. The molecule has 0 aromatic heterocycles. The van der Waals surface area contributed by atoms with Gasteiger partial charge in [-0.2, -0.15) is 0 Å². The van der Waals surface area contributed by atoms with Gasteiger partial charge in [-0.15, -0.1) is 11.8 Å². The Kier molecular flexibility index (Phi) is 5.04. The predicted molar refractivity (Wildman–Crippen MR) is 85.2 cm³/mol. The minimum absolute atomic E-state index is 0.234. The monoisotopic (exact) mass is 290 g/mol. The molecule has 0 fully saturated rings. The van der Waals surface area contributed by atoms with Crippen LogP contribution < -0.4 is 10.6 Å². The second-order valence-corrected chi connectivity index (χ2v) is 5.74. The molecule has 2 nitrogen and oxygen atoms in total. The number of hydrogen-bond donors (Lipinski definition) is 1. The van der Waals surface area contributed by atoms with Gasteiger partial charge < -0.3 is 10.6 Å². The number of rotatable bonds is 5. The molecule has 20 heavy (non-hydrogen) atoms. The van der Waals surface area contributed by atoms with Crippen LogP contribution in [0.3, 0.4) is 0 Å². The van der Waals surface area contributed by atoms with E-state index in [0.717, 1.165) is 22.7 Å². The van der Waals surface area contributed by atoms with Crippen LogP contribution in [0.4, 0.5) is 15.8 Å². The van der Waals surface area contributed by atoms with Crippen molar-refractivity contribution in [2.45, 2.75) is 18.4 Å². The lowest BCUT2D eigenvalue weighted by molar-refractivity contribution is 0.628. The van der Waals surface area contributed by atoms with E-state index < -0.39 is 0 Å². The Hall–Kier alpha value is -1.52. The molecule has 0 heterocycles. The summed E-state index contributed by atoms with van der Waals surface area (Å²) in [5.41, 5.74) is 8.86. The Labute approximate surface area is 123 Å². The van der Waals surface area contributed by atoms with Crippen molar-refractivity contribution in [3.63, 3.8) is 0 Å². The van der Waals surface area contributed by atoms with Gasteiger partial charge in [-0.05, 0) is 36.1 Å². The van der Waals surface area contributed by atoms with Crippen LogP contribution in [0.2, 0.25) is 0 Å². The van der Waals surface area contributed by atoms with Crippen LogP contribution in [-0.2, 0) is 6.54 Å². The van der Waals surface area contributed by atoms with Gasteiger partial charge in [0.2, 0.25) is 0 Å². The first-order chi connectivity index (χ1) is 9.67. The van der Waals surface area contributed by atoms with Crippen LogP contribution in [0, 0.1) is 5.82 Å². The summed E-state index contributed by atoms with van der Waals surface area (Å²) < 4.78 is 13.4. The van der Waals surface area contributed by atoms with E-state index in [1.54, 1.807) is 17.8 Å². The number of nitrogens with two attached hydrogens (primary N) is 1. The molecule has 0 aliphatic heterocycles. The van der Waals surface area contributed by atoms with Crippen LogP contribution >= 0.6 is 11.8 Å². The fourth-order valence-electron chi connectivity index (χ4n) is 2.19. The third-order valence-electron chi connectivity index (χ3n) is 3.17. The van der Waals surface area contributed by atoms with Crippen molar-refractivity contribution >= 4 is 23.1 Å².